The van der Waals surface area contributed by atoms with Crippen LogP contribution in [0, 0.1) is 20.8 Å². The van der Waals surface area contributed by atoms with E-state index < -0.39 is 0 Å². The van der Waals surface area contributed by atoms with Gasteiger partial charge in [0.05, 0.1) is 12.1 Å². The summed E-state index contributed by atoms with van der Waals surface area (Å²) in [6.45, 7) is 6.25. The van der Waals surface area contributed by atoms with Gasteiger partial charge in [-0.3, -0.25) is 14.6 Å². The van der Waals surface area contributed by atoms with Crippen LogP contribution in [0.25, 0.3) is 5.95 Å². The topological polar surface area (TPSA) is 119 Å². The molecule has 0 radical (unpaired) electrons. The maximum atomic E-state index is 11.9. The highest BCUT2D eigenvalue weighted by Gasteiger charge is 2.17. The van der Waals surface area contributed by atoms with E-state index in [0.717, 1.165) is 17.0 Å². The lowest BCUT2D eigenvalue weighted by Gasteiger charge is -2.06. The van der Waals surface area contributed by atoms with Crippen molar-refractivity contribution in [2.24, 2.45) is 5.73 Å². The molecule has 8 heteroatoms. The van der Waals surface area contributed by atoms with Crippen molar-refractivity contribution in [1.82, 2.24) is 25.1 Å². The van der Waals surface area contributed by atoms with E-state index in [0.29, 0.717) is 24.7 Å². The van der Waals surface area contributed by atoms with E-state index in [4.69, 9.17) is 5.73 Å². The van der Waals surface area contributed by atoms with Crippen LogP contribution in [0.1, 0.15) is 22.6 Å². The molecule has 0 aromatic carbocycles. The summed E-state index contributed by atoms with van der Waals surface area (Å²) in [6, 6.07) is 1.41. The number of carbonyl (C=O) groups excluding carboxylic acids is 1. The summed E-state index contributed by atoms with van der Waals surface area (Å²) < 4.78 is 1.55. The highest BCUT2D eigenvalue weighted by molar-refractivity contribution is 5.79. The first-order valence-electron chi connectivity index (χ1n) is 7.02. The molecular weight excluding hydrogens is 284 g/mol. The molecule has 0 aliphatic rings. The van der Waals surface area contributed by atoms with E-state index in [9.17, 15) is 9.59 Å². The summed E-state index contributed by atoms with van der Waals surface area (Å²) in [5.74, 6) is 0.237. The summed E-state index contributed by atoms with van der Waals surface area (Å²) in [6.07, 6.45) is 0.216. The molecule has 0 spiro atoms. The number of carbonyl (C=O) groups is 1. The summed E-state index contributed by atoms with van der Waals surface area (Å²) in [4.78, 5) is 30.3. The van der Waals surface area contributed by atoms with E-state index in [-0.39, 0.29) is 17.9 Å². The number of nitrogens with zero attached hydrogens (tertiary/aromatic N) is 3. The van der Waals surface area contributed by atoms with Crippen LogP contribution < -0.4 is 16.6 Å². The highest BCUT2D eigenvalue weighted by Crippen LogP contribution is 2.16. The summed E-state index contributed by atoms with van der Waals surface area (Å²) in [5, 5.41) is 7.10. The van der Waals surface area contributed by atoms with Gasteiger partial charge in [-0.1, -0.05) is 0 Å². The smallest absolute Gasteiger partial charge is 0.252 e. The minimum atomic E-state index is -0.239. The third-order valence-corrected chi connectivity index (χ3v) is 3.30. The number of hydrogen-bond donors (Lipinski definition) is 3. The molecule has 0 bridgehead atoms. The molecule has 2 aromatic heterocycles. The van der Waals surface area contributed by atoms with Crippen LogP contribution in [-0.2, 0) is 11.2 Å². The maximum Gasteiger partial charge on any atom is 0.252 e. The zero-order valence-electron chi connectivity index (χ0n) is 12.9. The van der Waals surface area contributed by atoms with E-state index in [1.807, 2.05) is 13.8 Å². The first kappa shape index (κ1) is 15.9. The van der Waals surface area contributed by atoms with Crippen LogP contribution in [-0.4, -0.2) is 38.7 Å². The van der Waals surface area contributed by atoms with Crippen LogP contribution >= 0.6 is 0 Å². The lowest BCUT2D eigenvalue weighted by Crippen LogP contribution is -2.30. The van der Waals surface area contributed by atoms with Crippen LogP contribution in [0.2, 0.25) is 0 Å². The number of nitrogens with two attached hydrogens (primary N) is 1. The Balaban J connectivity index is 2.34. The second-order valence-electron chi connectivity index (χ2n) is 5.09. The third-order valence-electron chi connectivity index (χ3n) is 3.30. The number of aromatic amines is 1. The van der Waals surface area contributed by atoms with Gasteiger partial charge in [0.2, 0.25) is 11.9 Å². The Bertz CT molecular complexity index is 746. The average molecular weight is 304 g/mol. The Morgan fingerprint density at radius 3 is 2.77 bits per heavy atom. The zero-order chi connectivity index (χ0) is 16.3. The van der Waals surface area contributed by atoms with E-state index in [1.165, 1.54) is 6.07 Å². The van der Waals surface area contributed by atoms with Gasteiger partial charge < -0.3 is 11.1 Å². The van der Waals surface area contributed by atoms with Crippen molar-refractivity contribution in [3.63, 3.8) is 0 Å². The van der Waals surface area contributed by atoms with Gasteiger partial charge in [-0.25, -0.2) is 9.67 Å². The Morgan fingerprint density at radius 1 is 1.41 bits per heavy atom. The van der Waals surface area contributed by atoms with Gasteiger partial charge >= 0.3 is 0 Å². The van der Waals surface area contributed by atoms with Gasteiger partial charge in [0.25, 0.3) is 5.56 Å². The standard InChI is InChI=1S/C14H20N6O2/c1-8-6-13(22)18-14(17-8)20-10(3)11(9(2)19-20)7-12(21)16-5-4-15/h6H,4-5,7,15H2,1-3H3,(H,16,21)(H,17,18,22). The highest BCUT2D eigenvalue weighted by atomic mass is 16.1. The fourth-order valence-electron chi connectivity index (χ4n) is 2.24. The summed E-state index contributed by atoms with van der Waals surface area (Å²) >= 11 is 0. The van der Waals surface area contributed by atoms with Crippen LogP contribution in [0.5, 0.6) is 0 Å². The fraction of sp³-hybridized carbons (Fsp3) is 0.429. The molecule has 2 aromatic rings. The van der Waals surface area contributed by atoms with E-state index in [1.54, 1.807) is 11.6 Å². The average Bonchev–Trinajstić information content (AvgIpc) is 2.72. The molecule has 0 saturated heterocycles. The Kier molecular flexibility index (Phi) is 4.71. The molecular formula is C14H20N6O2. The molecule has 22 heavy (non-hydrogen) atoms. The van der Waals surface area contributed by atoms with E-state index >= 15 is 0 Å². The van der Waals surface area contributed by atoms with Gasteiger partial charge in [0, 0.05) is 36.1 Å². The first-order valence-corrected chi connectivity index (χ1v) is 7.02. The lowest BCUT2D eigenvalue weighted by molar-refractivity contribution is -0.120. The summed E-state index contributed by atoms with van der Waals surface area (Å²) in [7, 11) is 0. The molecule has 0 saturated carbocycles. The zero-order valence-corrected chi connectivity index (χ0v) is 12.9. The molecule has 2 heterocycles. The Labute approximate surface area is 127 Å². The Morgan fingerprint density at radius 2 is 2.14 bits per heavy atom. The predicted molar refractivity (Wildman–Crippen MR) is 82.0 cm³/mol. The molecule has 4 N–H and O–H groups in total. The second-order valence-corrected chi connectivity index (χ2v) is 5.09. The number of aryl methyl sites for hydroxylation is 2. The van der Waals surface area contributed by atoms with Gasteiger partial charge in [0.15, 0.2) is 0 Å². The van der Waals surface area contributed by atoms with Crippen LogP contribution in [0.15, 0.2) is 10.9 Å². The van der Waals surface area contributed by atoms with Crippen LogP contribution in [0.4, 0.5) is 0 Å². The van der Waals surface area contributed by atoms with Crippen molar-refractivity contribution in [3.8, 4) is 5.95 Å². The molecule has 2 rings (SSSR count). The molecule has 1 amide bonds. The number of hydrogen-bond acceptors (Lipinski definition) is 5. The number of H-pyrrole nitrogens is 1. The minimum absolute atomic E-state index is 0.109. The summed E-state index contributed by atoms with van der Waals surface area (Å²) in [5.41, 5.74) is 8.05. The molecule has 0 fully saturated rings. The molecule has 0 aliphatic carbocycles. The number of aromatic nitrogens is 4. The van der Waals surface area contributed by atoms with Crippen LogP contribution in [0.3, 0.4) is 0 Å². The molecule has 0 aliphatic heterocycles. The number of rotatable bonds is 5. The van der Waals surface area contributed by atoms with Gasteiger partial charge in [-0.15, -0.1) is 0 Å². The SMILES string of the molecule is Cc1cc(=O)[nH]c(-n2nc(C)c(CC(=O)NCCN)c2C)n1. The maximum absolute atomic E-state index is 11.9. The second kappa shape index (κ2) is 6.52. The minimum Gasteiger partial charge on any atom is -0.355 e. The van der Waals surface area contributed by atoms with Gasteiger partial charge in [-0.05, 0) is 20.8 Å². The normalized spacial score (nSPS) is 10.7. The first-order chi connectivity index (χ1) is 10.4. The van der Waals surface area contributed by atoms with Crippen molar-refractivity contribution in [2.45, 2.75) is 27.2 Å². The molecule has 0 unspecified atom stereocenters. The van der Waals surface area contributed by atoms with Crippen molar-refractivity contribution >= 4 is 5.91 Å². The van der Waals surface area contributed by atoms with Gasteiger partial charge in [0.1, 0.15) is 0 Å². The van der Waals surface area contributed by atoms with Crippen molar-refractivity contribution in [1.29, 1.82) is 0 Å². The monoisotopic (exact) mass is 304 g/mol. The number of nitrogens with one attached hydrogen (secondary N) is 2. The largest absolute Gasteiger partial charge is 0.355 e. The molecule has 0 atom stereocenters. The Hall–Kier alpha value is -2.48. The predicted octanol–water partition coefficient (Wildman–Crippen LogP) is -0.502. The molecule has 118 valence electrons. The number of amides is 1. The van der Waals surface area contributed by atoms with Gasteiger partial charge in [-0.2, -0.15) is 5.10 Å². The third kappa shape index (κ3) is 3.40. The fourth-order valence-corrected chi connectivity index (χ4v) is 2.24. The van der Waals surface area contributed by atoms with Crippen molar-refractivity contribution < 1.29 is 4.79 Å². The van der Waals surface area contributed by atoms with Crippen molar-refractivity contribution in [3.05, 3.63) is 39.1 Å². The lowest BCUT2D eigenvalue weighted by atomic mass is 10.1. The quantitative estimate of drug-likeness (QED) is 0.688. The van der Waals surface area contributed by atoms with Crippen molar-refractivity contribution in [2.75, 3.05) is 13.1 Å². The molecule has 8 nitrogen and oxygen atoms in total. The van der Waals surface area contributed by atoms with E-state index in [2.05, 4.69) is 20.4 Å².